The molecule has 1 nitrogen and oxygen atoms in total. The summed E-state index contributed by atoms with van der Waals surface area (Å²) >= 11 is 3.73. The van der Waals surface area contributed by atoms with Crippen LogP contribution < -0.4 is 4.90 Å². The average Bonchev–Trinajstić information content (AvgIpc) is 3.00. The normalized spacial score (nSPS) is 20.8. The highest BCUT2D eigenvalue weighted by molar-refractivity contribution is 9.10. The van der Waals surface area contributed by atoms with Gasteiger partial charge in [-0.1, -0.05) is 82.7 Å². The minimum absolute atomic E-state index is 0.0343. The fourth-order valence-corrected chi connectivity index (χ4v) is 5.20. The Labute approximate surface area is 169 Å². The zero-order valence-electron chi connectivity index (χ0n) is 15.2. The minimum atomic E-state index is -0.0343. The van der Waals surface area contributed by atoms with Gasteiger partial charge < -0.3 is 4.90 Å². The first-order chi connectivity index (χ1) is 13.3. The minimum Gasteiger partial charge on any atom is -0.339 e. The lowest BCUT2D eigenvalue weighted by molar-refractivity contribution is 0.504. The van der Waals surface area contributed by atoms with E-state index in [0.29, 0.717) is 0 Å². The quantitative estimate of drug-likeness (QED) is 0.453. The lowest BCUT2D eigenvalue weighted by Gasteiger charge is -2.37. The maximum absolute atomic E-state index is 3.73. The van der Waals surface area contributed by atoms with E-state index < -0.39 is 0 Å². The predicted molar refractivity (Wildman–Crippen MR) is 116 cm³/mol. The summed E-state index contributed by atoms with van der Waals surface area (Å²) in [5, 5.41) is 0. The fourth-order valence-electron chi connectivity index (χ4n) is 4.84. The summed E-state index contributed by atoms with van der Waals surface area (Å²) in [4.78, 5) is 2.54. The van der Waals surface area contributed by atoms with E-state index in [1.165, 1.54) is 34.5 Å². The number of rotatable bonds is 3. The number of fused-ring (bicyclic) bond motifs is 3. The number of hydrogen-bond donors (Lipinski definition) is 0. The van der Waals surface area contributed by atoms with Gasteiger partial charge in [-0.3, -0.25) is 0 Å². The van der Waals surface area contributed by atoms with Crippen LogP contribution >= 0.6 is 15.9 Å². The highest BCUT2D eigenvalue weighted by Crippen LogP contribution is 2.57. The first-order valence-corrected chi connectivity index (χ1v) is 10.5. The Hall–Kier alpha value is -2.32. The van der Waals surface area contributed by atoms with Crippen LogP contribution in [-0.4, -0.2) is 0 Å². The van der Waals surface area contributed by atoms with E-state index in [0.717, 1.165) is 23.9 Å². The highest BCUT2D eigenvalue weighted by atomic mass is 79.9. The van der Waals surface area contributed by atoms with Crippen molar-refractivity contribution in [2.75, 3.05) is 4.90 Å². The number of nitrogens with zero attached hydrogens (tertiary/aromatic N) is 1. The molecule has 1 aliphatic heterocycles. The van der Waals surface area contributed by atoms with Crippen LogP contribution in [0.2, 0.25) is 0 Å². The molecule has 134 valence electrons. The van der Waals surface area contributed by atoms with Crippen LogP contribution in [0.3, 0.4) is 0 Å². The molecule has 0 radical (unpaired) electrons. The maximum Gasteiger partial charge on any atom is 0.0621 e. The van der Waals surface area contributed by atoms with Gasteiger partial charge in [-0.25, -0.2) is 0 Å². The summed E-state index contributed by atoms with van der Waals surface area (Å²) in [6, 6.07) is 28.7. The standard InChI is InChI=1S/C25H22BrN/c26-21-14-15-23-22(17-21)25(20-11-5-2-6-12-20)16-8-7-13-24(25)27(23)18-19-9-3-1-4-10-19/h1-6,9-15,17H,7-8,16,18H2/t25-/m1/s1. The van der Waals surface area contributed by atoms with Crippen molar-refractivity contribution in [3.8, 4) is 0 Å². The van der Waals surface area contributed by atoms with Crippen molar-refractivity contribution in [1.82, 2.24) is 0 Å². The van der Waals surface area contributed by atoms with Crippen molar-refractivity contribution in [3.05, 3.63) is 112 Å². The third-order valence-corrected chi connectivity index (χ3v) is 6.47. The molecule has 0 spiro atoms. The monoisotopic (exact) mass is 415 g/mol. The van der Waals surface area contributed by atoms with Gasteiger partial charge >= 0.3 is 0 Å². The lowest BCUT2D eigenvalue weighted by Crippen LogP contribution is -2.34. The molecule has 2 aliphatic rings. The van der Waals surface area contributed by atoms with E-state index in [1.54, 1.807) is 0 Å². The van der Waals surface area contributed by atoms with Crippen LogP contribution in [0.1, 0.15) is 36.0 Å². The third-order valence-electron chi connectivity index (χ3n) is 5.98. The van der Waals surface area contributed by atoms with E-state index in [2.05, 4.69) is 106 Å². The summed E-state index contributed by atoms with van der Waals surface area (Å²) in [5.74, 6) is 0. The fraction of sp³-hybridized carbons (Fsp3) is 0.200. The molecule has 27 heavy (non-hydrogen) atoms. The van der Waals surface area contributed by atoms with Crippen LogP contribution in [0, 0.1) is 0 Å². The molecule has 0 saturated carbocycles. The molecule has 2 heteroatoms. The number of benzene rings is 3. The molecule has 0 bridgehead atoms. The zero-order chi connectivity index (χ0) is 18.3. The van der Waals surface area contributed by atoms with Crippen LogP contribution in [0.4, 0.5) is 5.69 Å². The SMILES string of the molecule is Brc1ccc2c(c1)[C@]1(c3ccccc3)CCCC=C1N2Cc1ccccc1. The van der Waals surface area contributed by atoms with Gasteiger partial charge in [0.1, 0.15) is 0 Å². The van der Waals surface area contributed by atoms with Crippen molar-refractivity contribution >= 4 is 21.6 Å². The number of halogens is 1. The molecule has 0 fully saturated rings. The van der Waals surface area contributed by atoms with Gasteiger partial charge in [0.15, 0.2) is 0 Å². The van der Waals surface area contributed by atoms with Gasteiger partial charge in [0.25, 0.3) is 0 Å². The molecule has 3 aromatic rings. The molecule has 5 rings (SSSR count). The van der Waals surface area contributed by atoms with Gasteiger partial charge in [-0.05, 0) is 54.2 Å². The molecular weight excluding hydrogens is 394 g/mol. The zero-order valence-corrected chi connectivity index (χ0v) is 16.8. The molecule has 3 aromatic carbocycles. The van der Waals surface area contributed by atoms with Crippen LogP contribution in [0.15, 0.2) is 95.1 Å². The van der Waals surface area contributed by atoms with Crippen molar-refractivity contribution in [3.63, 3.8) is 0 Å². The Kier molecular flexibility index (Phi) is 4.17. The van der Waals surface area contributed by atoms with E-state index in [1.807, 2.05) is 0 Å². The summed E-state index contributed by atoms with van der Waals surface area (Å²) in [7, 11) is 0. The summed E-state index contributed by atoms with van der Waals surface area (Å²) in [6.07, 6.45) is 6.03. The van der Waals surface area contributed by atoms with Crippen LogP contribution in [0.5, 0.6) is 0 Å². The molecule has 1 atom stereocenters. The van der Waals surface area contributed by atoms with E-state index in [4.69, 9.17) is 0 Å². The summed E-state index contributed by atoms with van der Waals surface area (Å²) in [5.41, 5.74) is 6.96. The molecule has 1 heterocycles. The van der Waals surface area contributed by atoms with Crippen LogP contribution in [-0.2, 0) is 12.0 Å². The van der Waals surface area contributed by atoms with E-state index in [9.17, 15) is 0 Å². The first-order valence-electron chi connectivity index (χ1n) is 9.67. The van der Waals surface area contributed by atoms with Gasteiger partial charge in [-0.15, -0.1) is 0 Å². The Morgan fingerprint density at radius 1 is 0.889 bits per heavy atom. The second kappa shape index (κ2) is 6.69. The van der Waals surface area contributed by atoms with Gasteiger partial charge in [0.05, 0.1) is 5.41 Å². The Morgan fingerprint density at radius 2 is 1.63 bits per heavy atom. The molecule has 1 aliphatic carbocycles. The third kappa shape index (κ3) is 2.66. The van der Waals surface area contributed by atoms with Crippen molar-refractivity contribution < 1.29 is 0 Å². The Morgan fingerprint density at radius 3 is 2.41 bits per heavy atom. The largest absolute Gasteiger partial charge is 0.339 e. The predicted octanol–water partition coefficient (Wildman–Crippen LogP) is 6.82. The average molecular weight is 416 g/mol. The first kappa shape index (κ1) is 16.8. The number of allylic oxidation sites excluding steroid dienone is 2. The second-order valence-corrected chi connectivity index (χ2v) is 8.40. The maximum atomic E-state index is 3.73. The molecule has 0 unspecified atom stereocenters. The molecule has 0 amide bonds. The smallest absolute Gasteiger partial charge is 0.0621 e. The van der Waals surface area contributed by atoms with E-state index >= 15 is 0 Å². The Balaban J connectivity index is 1.73. The topological polar surface area (TPSA) is 3.24 Å². The van der Waals surface area contributed by atoms with Crippen LogP contribution in [0.25, 0.3) is 0 Å². The van der Waals surface area contributed by atoms with Gasteiger partial charge in [0.2, 0.25) is 0 Å². The summed E-state index contributed by atoms with van der Waals surface area (Å²) < 4.78 is 1.16. The number of anilines is 1. The summed E-state index contributed by atoms with van der Waals surface area (Å²) in [6.45, 7) is 0.913. The second-order valence-electron chi connectivity index (χ2n) is 7.49. The molecular formula is C25H22BrN. The molecule has 0 saturated heterocycles. The molecule has 0 aromatic heterocycles. The highest BCUT2D eigenvalue weighted by Gasteiger charge is 2.49. The lowest BCUT2D eigenvalue weighted by atomic mass is 9.68. The van der Waals surface area contributed by atoms with Gasteiger partial charge in [0, 0.05) is 22.4 Å². The van der Waals surface area contributed by atoms with Crippen molar-refractivity contribution in [2.45, 2.75) is 31.2 Å². The van der Waals surface area contributed by atoms with Crippen molar-refractivity contribution in [1.29, 1.82) is 0 Å². The van der Waals surface area contributed by atoms with Crippen molar-refractivity contribution in [2.24, 2.45) is 0 Å². The Bertz CT molecular complexity index is 993. The number of hydrogen-bond acceptors (Lipinski definition) is 1. The van der Waals surface area contributed by atoms with Gasteiger partial charge in [-0.2, -0.15) is 0 Å². The molecule has 0 N–H and O–H groups in total. The van der Waals surface area contributed by atoms with E-state index in [-0.39, 0.29) is 5.41 Å².